The third-order valence-corrected chi connectivity index (χ3v) is 4.87. The van der Waals surface area contributed by atoms with Gasteiger partial charge in [-0.25, -0.2) is 13.6 Å². The zero-order valence-electron chi connectivity index (χ0n) is 17.1. The Morgan fingerprint density at radius 2 is 2.03 bits per heavy atom. The van der Waals surface area contributed by atoms with Crippen LogP contribution in [0.5, 0.6) is 0 Å². The number of alkyl halides is 1. The molecule has 3 N–H and O–H groups in total. The number of benzene rings is 2. The molecule has 166 valence electrons. The van der Waals surface area contributed by atoms with E-state index in [1.165, 1.54) is 17.9 Å². The lowest BCUT2D eigenvalue weighted by molar-refractivity contribution is -0.119. The number of aliphatic hydroxyl groups is 1. The lowest BCUT2D eigenvalue weighted by Gasteiger charge is -2.15. The minimum atomic E-state index is -1.03. The zero-order valence-corrected chi connectivity index (χ0v) is 17.1. The summed E-state index contributed by atoms with van der Waals surface area (Å²) in [5.74, 6) is -0.698. The fourth-order valence-corrected chi connectivity index (χ4v) is 3.24. The standard InChI is InChI=1S/C22H25F2N3O4/c1-14(28)26-12-19-13-27(22(30)31-19)17-6-7-20(21(24)8-17)16-4-2-15(3-5-16)10-25-11-18(29)9-23/h2-8,18-19,25,29H,9-13H2,1H3,(H,26,28). The van der Waals surface area contributed by atoms with Crippen LogP contribution in [0.1, 0.15) is 12.5 Å². The number of carbonyl (C=O) groups excluding carboxylic acids is 2. The number of halogens is 2. The molecule has 1 aliphatic rings. The molecule has 0 radical (unpaired) electrons. The van der Waals surface area contributed by atoms with Gasteiger partial charge in [-0.2, -0.15) is 0 Å². The maximum absolute atomic E-state index is 14.8. The summed E-state index contributed by atoms with van der Waals surface area (Å²) in [5.41, 5.74) is 2.35. The Balaban J connectivity index is 1.64. The molecule has 0 aromatic heterocycles. The molecule has 2 aromatic rings. The Kier molecular flexibility index (Phi) is 7.54. The van der Waals surface area contributed by atoms with Crippen molar-refractivity contribution in [2.75, 3.05) is 31.2 Å². The molecule has 31 heavy (non-hydrogen) atoms. The summed E-state index contributed by atoms with van der Waals surface area (Å²) >= 11 is 0. The first-order valence-corrected chi connectivity index (χ1v) is 9.93. The first-order valence-electron chi connectivity index (χ1n) is 9.93. The maximum atomic E-state index is 14.8. The van der Waals surface area contributed by atoms with E-state index >= 15 is 0 Å². The number of cyclic esters (lactones) is 1. The number of aliphatic hydroxyl groups excluding tert-OH is 1. The summed E-state index contributed by atoms with van der Waals surface area (Å²) in [6, 6.07) is 11.7. The maximum Gasteiger partial charge on any atom is 0.414 e. The third-order valence-electron chi connectivity index (χ3n) is 4.87. The van der Waals surface area contributed by atoms with Crippen molar-refractivity contribution in [1.82, 2.24) is 10.6 Å². The monoisotopic (exact) mass is 433 g/mol. The highest BCUT2D eigenvalue weighted by atomic mass is 19.1. The summed E-state index contributed by atoms with van der Waals surface area (Å²) in [4.78, 5) is 24.5. The van der Waals surface area contributed by atoms with Crippen LogP contribution < -0.4 is 15.5 Å². The predicted molar refractivity (Wildman–Crippen MR) is 112 cm³/mol. The van der Waals surface area contributed by atoms with Gasteiger partial charge in [0.05, 0.1) is 24.9 Å². The van der Waals surface area contributed by atoms with Crippen molar-refractivity contribution in [1.29, 1.82) is 0 Å². The number of rotatable bonds is 9. The summed E-state index contributed by atoms with van der Waals surface area (Å²) in [6.45, 7) is 1.60. The van der Waals surface area contributed by atoms with E-state index in [4.69, 9.17) is 4.74 Å². The highest BCUT2D eigenvalue weighted by molar-refractivity contribution is 5.90. The summed E-state index contributed by atoms with van der Waals surface area (Å²) in [7, 11) is 0. The molecule has 2 unspecified atom stereocenters. The van der Waals surface area contributed by atoms with Crippen LogP contribution in [0, 0.1) is 5.82 Å². The number of carbonyl (C=O) groups is 2. The van der Waals surface area contributed by atoms with E-state index in [2.05, 4.69) is 10.6 Å². The van der Waals surface area contributed by atoms with E-state index in [0.29, 0.717) is 23.4 Å². The minimum Gasteiger partial charge on any atom is -0.442 e. The van der Waals surface area contributed by atoms with Crippen LogP contribution in [0.4, 0.5) is 19.3 Å². The molecule has 0 spiro atoms. The molecule has 0 saturated carbocycles. The molecule has 3 rings (SSSR count). The first-order chi connectivity index (χ1) is 14.9. The number of hydrogen-bond acceptors (Lipinski definition) is 5. The van der Waals surface area contributed by atoms with Crippen LogP contribution in [0.25, 0.3) is 11.1 Å². The van der Waals surface area contributed by atoms with Crippen LogP contribution in [0.3, 0.4) is 0 Å². The summed E-state index contributed by atoms with van der Waals surface area (Å²) in [6.07, 6.45) is -2.11. The van der Waals surface area contributed by atoms with Gasteiger partial charge in [0.15, 0.2) is 0 Å². The van der Waals surface area contributed by atoms with E-state index in [1.807, 2.05) is 12.1 Å². The van der Waals surface area contributed by atoms with Crippen molar-refractivity contribution < 1.29 is 28.2 Å². The van der Waals surface area contributed by atoms with Crippen molar-refractivity contribution in [3.05, 3.63) is 53.8 Å². The molecule has 1 aliphatic heterocycles. The largest absolute Gasteiger partial charge is 0.442 e. The normalized spacial score (nSPS) is 16.8. The second-order valence-electron chi connectivity index (χ2n) is 7.35. The average molecular weight is 433 g/mol. The van der Waals surface area contributed by atoms with E-state index in [-0.39, 0.29) is 25.5 Å². The molecule has 2 atom stereocenters. The molecule has 0 aliphatic carbocycles. The van der Waals surface area contributed by atoms with Gasteiger partial charge in [-0.3, -0.25) is 9.69 Å². The van der Waals surface area contributed by atoms with Gasteiger partial charge in [0.2, 0.25) is 5.91 Å². The number of anilines is 1. The second kappa shape index (κ2) is 10.3. The minimum absolute atomic E-state index is 0.152. The van der Waals surface area contributed by atoms with Crippen molar-refractivity contribution in [2.24, 2.45) is 0 Å². The van der Waals surface area contributed by atoms with Crippen LogP contribution >= 0.6 is 0 Å². The van der Waals surface area contributed by atoms with Crippen molar-refractivity contribution in [3.63, 3.8) is 0 Å². The van der Waals surface area contributed by atoms with E-state index in [1.54, 1.807) is 24.3 Å². The van der Waals surface area contributed by atoms with Gasteiger partial charge in [0, 0.05) is 25.6 Å². The van der Waals surface area contributed by atoms with E-state index < -0.39 is 30.8 Å². The number of nitrogens with zero attached hydrogens (tertiary/aromatic N) is 1. The molecule has 0 bridgehead atoms. The fraction of sp³-hybridized carbons (Fsp3) is 0.364. The van der Waals surface area contributed by atoms with E-state index in [9.17, 15) is 23.5 Å². The first kappa shape index (κ1) is 22.6. The smallest absolute Gasteiger partial charge is 0.414 e. The van der Waals surface area contributed by atoms with Crippen LogP contribution in [0.2, 0.25) is 0 Å². The molecule has 7 nitrogen and oxygen atoms in total. The second-order valence-corrected chi connectivity index (χ2v) is 7.35. The van der Waals surface area contributed by atoms with Crippen LogP contribution in [-0.2, 0) is 16.1 Å². The number of ether oxygens (including phenoxy) is 1. The Morgan fingerprint density at radius 1 is 1.29 bits per heavy atom. The van der Waals surface area contributed by atoms with Gasteiger partial charge in [0.25, 0.3) is 0 Å². The van der Waals surface area contributed by atoms with Crippen molar-refractivity contribution in [2.45, 2.75) is 25.7 Å². The number of hydrogen-bond donors (Lipinski definition) is 3. The number of amides is 2. The van der Waals surface area contributed by atoms with Gasteiger partial charge in [-0.15, -0.1) is 0 Å². The molecular formula is C22H25F2N3O4. The summed E-state index contributed by atoms with van der Waals surface area (Å²) < 4.78 is 32.2. The summed E-state index contributed by atoms with van der Waals surface area (Å²) in [5, 5.41) is 14.8. The predicted octanol–water partition coefficient (Wildman–Crippen LogP) is 2.37. The van der Waals surface area contributed by atoms with Gasteiger partial charge in [-0.05, 0) is 29.3 Å². The molecule has 9 heteroatoms. The van der Waals surface area contributed by atoms with Crippen LogP contribution in [-0.4, -0.2) is 55.6 Å². The molecule has 1 fully saturated rings. The van der Waals surface area contributed by atoms with Gasteiger partial charge in [-0.1, -0.05) is 24.3 Å². The SMILES string of the molecule is CC(=O)NCC1CN(c2ccc(-c3ccc(CNCC(O)CF)cc3)c(F)c2)C(=O)O1. The Bertz CT molecular complexity index is 923. The highest BCUT2D eigenvalue weighted by Gasteiger charge is 2.32. The van der Waals surface area contributed by atoms with Crippen LogP contribution in [0.15, 0.2) is 42.5 Å². The quantitative estimate of drug-likeness (QED) is 0.565. The molecule has 1 heterocycles. The fourth-order valence-electron chi connectivity index (χ4n) is 3.24. The zero-order chi connectivity index (χ0) is 22.4. The van der Waals surface area contributed by atoms with Gasteiger partial charge in [0.1, 0.15) is 18.6 Å². The average Bonchev–Trinajstić information content (AvgIpc) is 3.13. The Hall–Kier alpha value is -3.04. The van der Waals surface area contributed by atoms with Gasteiger partial charge >= 0.3 is 6.09 Å². The molecule has 1 saturated heterocycles. The lowest BCUT2D eigenvalue weighted by Crippen LogP contribution is -2.33. The Morgan fingerprint density at radius 3 is 2.68 bits per heavy atom. The van der Waals surface area contributed by atoms with E-state index in [0.717, 1.165) is 5.56 Å². The van der Waals surface area contributed by atoms with Gasteiger partial charge < -0.3 is 20.5 Å². The topological polar surface area (TPSA) is 90.9 Å². The molecular weight excluding hydrogens is 408 g/mol. The lowest BCUT2D eigenvalue weighted by atomic mass is 10.0. The van der Waals surface area contributed by atoms with Crippen molar-refractivity contribution in [3.8, 4) is 11.1 Å². The highest BCUT2D eigenvalue weighted by Crippen LogP contribution is 2.29. The number of nitrogens with one attached hydrogen (secondary N) is 2. The van der Waals surface area contributed by atoms with Crippen molar-refractivity contribution >= 4 is 17.7 Å². The molecule has 2 aromatic carbocycles. The third kappa shape index (κ3) is 5.99. The Labute approximate surface area is 179 Å². The molecule has 2 amide bonds.